The molecule has 10 aromatic rings. The topological polar surface area (TPSA) is 38.9 Å². The van der Waals surface area contributed by atoms with Gasteiger partial charge in [0.1, 0.15) is 5.52 Å². The molecule has 1 aliphatic rings. The van der Waals surface area contributed by atoms with Crippen molar-refractivity contribution in [1.29, 1.82) is 0 Å². The molecule has 54 heavy (non-hydrogen) atoms. The minimum Gasteiger partial charge on any atom is -0.310 e. The standard InChI is InChI=1S/C49H35N5/c1-49(2)40-20-12-13-21-44(40)53(35-16-8-4-9-17-35)46-30-38-37-28-32(22-24-42(37)52(45(38)31-41(46)49)34-14-6-3-7-15-34)33-23-25-43-39(29-33)47-48(51-27-26-50-47)54(43)36-18-10-5-11-19-36/h3-31H,1-2H3. The normalized spacial score (nSPS) is 13.5. The van der Waals surface area contributed by atoms with Gasteiger partial charge in [-0.05, 0) is 101 Å². The average Bonchev–Trinajstić information content (AvgIpc) is 3.73. The number of nitrogens with zero attached hydrogens (tertiary/aromatic N) is 5. The van der Waals surface area contributed by atoms with Crippen LogP contribution in [0.5, 0.6) is 0 Å². The van der Waals surface area contributed by atoms with Crippen molar-refractivity contribution in [3.63, 3.8) is 0 Å². The van der Waals surface area contributed by atoms with E-state index >= 15 is 0 Å². The number of anilines is 3. The summed E-state index contributed by atoms with van der Waals surface area (Å²) in [6.45, 7) is 4.73. The highest BCUT2D eigenvalue weighted by atomic mass is 15.2. The number of aromatic nitrogens is 4. The maximum atomic E-state index is 4.83. The quantitative estimate of drug-likeness (QED) is 0.184. The van der Waals surface area contributed by atoms with Gasteiger partial charge in [-0.2, -0.15) is 0 Å². The largest absolute Gasteiger partial charge is 0.310 e. The van der Waals surface area contributed by atoms with Gasteiger partial charge in [0, 0.05) is 51.0 Å². The van der Waals surface area contributed by atoms with Crippen LogP contribution in [0.3, 0.4) is 0 Å². The molecule has 0 saturated heterocycles. The number of fused-ring (bicyclic) bond motifs is 8. The molecule has 0 saturated carbocycles. The molecule has 0 unspecified atom stereocenters. The lowest BCUT2D eigenvalue weighted by atomic mass is 9.73. The Hall–Kier alpha value is -6.98. The van der Waals surface area contributed by atoms with Crippen molar-refractivity contribution in [2.45, 2.75) is 19.3 Å². The van der Waals surface area contributed by atoms with Gasteiger partial charge >= 0.3 is 0 Å². The Morgan fingerprint density at radius 1 is 0.426 bits per heavy atom. The highest BCUT2D eigenvalue weighted by molar-refractivity contribution is 6.13. The van der Waals surface area contributed by atoms with Crippen LogP contribution in [-0.2, 0) is 5.41 Å². The molecule has 5 nitrogen and oxygen atoms in total. The Labute approximate surface area is 313 Å². The molecular formula is C49H35N5. The van der Waals surface area contributed by atoms with Gasteiger partial charge in [0.05, 0.1) is 27.9 Å². The lowest BCUT2D eigenvalue weighted by molar-refractivity contribution is 0.632. The molecule has 0 spiro atoms. The van der Waals surface area contributed by atoms with E-state index in [-0.39, 0.29) is 5.41 Å². The van der Waals surface area contributed by atoms with E-state index in [2.05, 4.69) is 186 Å². The van der Waals surface area contributed by atoms with Gasteiger partial charge in [-0.25, -0.2) is 4.98 Å². The molecule has 4 heterocycles. The summed E-state index contributed by atoms with van der Waals surface area (Å²) in [5.41, 5.74) is 15.7. The number of para-hydroxylation sites is 4. The maximum absolute atomic E-state index is 4.83. The number of hydrogen-bond donors (Lipinski definition) is 0. The fourth-order valence-corrected chi connectivity index (χ4v) is 8.84. The number of hydrogen-bond acceptors (Lipinski definition) is 3. The summed E-state index contributed by atoms with van der Waals surface area (Å²) in [5.74, 6) is 0. The summed E-state index contributed by atoms with van der Waals surface area (Å²) >= 11 is 0. The molecule has 1 aliphatic heterocycles. The lowest BCUT2D eigenvalue weighted by Crippen LogP contribution is -2.30. The third kappa shape index (κ3) is 4.39. The van der Waals surface area contributed by atoms with Crippen molar-refractivity contribution in [2.75, 3.05) is 4.90 Å². The predicted molar refractivity (Wildman–Crippen MR) is 223 cm³/mol. The first-order valence-electron chi connectivity index (χ1n) is 18.5. The molecule has 0 atom stereocenters. The molecule has 0 radical (unpaired) electrons. The zero-order chi connectivity index (χ0) is 36.0. The van der Waals surface area contributed by atoms with Gasteiger partial charge < -0.3 is 9.47 Å². The van der Waals surface area contributed by atoms with Crippen LogP contribution in [0.25, 0.3) is 66.4 Å². The molecule has 0 amide bonds. The van der Waals surface area contributed by atoms with Crippen LogP contribution in [0.2, 0.25) is 0 Å². The molecule has 7 aromatic carbocycles. The fourth-order valence-electron chi connectivity index (χ4n) is 8.84. The van der Waals surface area contributed by atoms with Gasteiger partial charge in [0.15, 0.2) is 5.65 Å². The van der Waals surface area contributed by atoms with E-state index < -0.39 is 0 Å². The summed E-state index contributed by atoms with van der Waals surface area (Å²) < 4.78 is 4.64. The summed E-state index contributed by atoms with van der Waals surface area (Å²) in [6, 6.07) is 59.4. The highest BCUT2D eigenvalue weighted by Gasteiger charge is 2.37. The Morgan fingerprint density at radius 3 is 1.69 bits per heavy atom. The van der Waals surface area contributed by atoms with Crippen LogP contribution in [0.4, 0.5) is 17.1 Å². The van der Waals surface area contributed by atoms with Gasteiger partial charge in [0.2, 0.25) is 0 Å². The van der Waals surface area contributed by atoms with Gasteiger partial charge in [-0.3, -0.25) is 9.55 Å². The van der Waals surface area contributed by atoms with E-state index in [0.29, 0.717) is 0 Å². The van der Waals surface area contributed by atoms with E-state index in [1.165, 1.54) is 44.3 Å². The molecule has 11 rings (SSSR count). The first kappa shape index (κ1) is 30.6. The van der Waals surface area contributed by atoms with E-state index in [0.717, 1.165) is 50.3 Å². The highest BCUT2D eigenvalue weighted by Crippen LogP contribution is 2.53. The third-order valence-corrected chi connectivity index (χ3v) is 11.4. The van der Waals surface area contributed by atoms with Crippen molar-refractivity contribution in [3.05, 3.63) is 187 Å². The van der Waals surface area contributed by atoms with Gasteiger partial charge in [0.25, 0.3) is 0 Å². The first-order valence-corrected chi connectivity index (χ1v) is 18.5. The van der Waals surface area contributed by atoms with E-state index in [9.17, 15) is 0 Å². The Bertz CT molecular complexity index is 3070. The SMILES string of the molecule is CC1(C)c2ccccc2N(c2ccccc2)c2cc3c4cc(-c5ccc6c(c5)c5nccnc5n6-c5ccccc5)ccc4n(-c4ccccc4)c3cc21. The predicted octanol–water partition coefficient (Wildman–Crippen LogP) is 12.4. The van der Waals surface area contributed by atoms with Crippen LogP contribution in [0.1, 0.15) is 25.0 Å². The molecular weight excluding hydrogens is 659 g/mol. The van der Waals surface area contributed by atoms with Crippen LogP contribution in [0.15, 0.2) is 176 Å². The number of benzene rings is 7. The molecule has 0 bridgehead atoms. The van der Waals surface area contributed by atoms with Crippen LogP contribution in [0, 0.1) is 0 Å². The van der Waals surface area contributed by atoms with Crippen molar-refractivity contribution in [3.8, 4) is 22.5 Å². The summed E-state index contributed by atoms with van der Waals surface area (Å²) in [6.07, 6.45) is 3.56. The van der Waals surface area contributed by atoms with Gasteiger partial charge in [-0.1, -0.05) is 98.8 Å². The second kappa shape index (κ2) is 11.5. The second-order valence-corrected chi connectivity index (χ2v) is 14.7. The number of rotatable bonds is 4. The van der Waals surface area contributed by atoms with Crippen molar-refractivity contribution < 1.29 is 0 Å². The third-order valence-electron chi connectivity index (χ3n) is 11.4. The molecule has 0 aliphatic carbocycles. The molecule has 0 fully saturated rings. The van der Waals surface area contributed by atoms with Crippen molar-refractivity contribution in [1.82, 2.24) is 19.1 Å². The second-order valence-electron chi connectivity index (χ2n) is 14.7. The van der Waals surface area contributed by atoms with Crippen LogP contribution < -0.4 is 4.90 Å². The summed E-state index contributed by atoms with van der Waals surface area (Å²) in [4.78, 5) is 12.1. The Balaban J connectivity index is 1.18. The van der Waals surface area contributed by atoms with Crippen molar-refractivity contribution in [2.24, 2.45) is 0 Å². The smallest absolute Gasteiger partial charge is 0.164 e. The van der Waals surface area contributed by atoms with Gasteiger partial charge in [-0.15, -0.1) is 0 Å². The minimum absolute atomic E-state index is 0.217. The lowest BCUT2D eigenvalue weighted by Gasteiger charge is -2.42. The maximum Gasteiger partial charge on any atom is 0.164 e. The van der Waals surface area contributed by atoms with Crippen LogP contribution >= 0.6 is 0 Å². The van der Waals surface area contributed by atoms with E-state index in [1.807, 2.05) is 6.07 Å². The molecule has 5 heteroatoms. The van der Waals surface area contributed by atoms with E-state index in [1.54, 1.807) is 12.4 Å². The zero-order valence-electron chi connectivity index (χ0n) is 30.0. The minimum atomic E-state index is -0.217. The summed E-state index contributed by atoms with van der Waals surface area (Å²) in [7, 11) is 0. The monoisotopic (exact) mass is 693 g/mol. The average molecular weight is 694 g/mol. The molecule has 3 aromatic heterocycles. The van der Waals surface area contributed by atoms with Crippen molar-refractivity contribution >= 4 is 60.9 Å². The van der Waals surface area contributed by atoms with Crippen LogP contribution in [-0.4, -0.2) is 19.1 Å². The fraction of sp³-hybridized carbons (Fsp3) is 0.0612. The zero-order valence-corrected chi connectivity index (χ0v) is 30.0. The Kier molecular flexibility index (Phi) is 6.53. The first-order chi connectivity index (χ1) is 26.6. The molecule has 256 valence electrons. The Morgan fingerprint density at radius 2 is 0.981 bits per heavy atom. The van der Waals surface area contributed by atoms with E-state index in [4.69, 9.17) is 9.97 Å². The molecule has 0 N–H and O–H groups in total. The summed E-state index contributed by atoms with van der Waals surface area (Å²) in [5, 5.41) is 3.52.